The average molecular weight is 249 g/mol. The third kappa shape index (κ3) is 2.56. The minimum Gasteiger partial charge on any atom is -0.309 e. The number of nitrogens with one attached hydrogen (secondary N) is 1. The molecule has 0 aliphatic carbocycles. The van der Waals surface area contributed by atoms with E-state index in [1.165, 1.54) is 21.4 Å². The Morgan fingerprint density at radius 1 is 1.24 bits per heavy atom. The minimum atomic E-state index is -0.186. The molecule has 2 rings (SSSR count). The van der Waals surface area contributed by atoms with Crippen molar-refractivity contribution in [3.05, 3.63) is 57.0 Å². The Morgan fingerprint density at radius 3 is 2.53 bits per heavy atom. The molecule has 1 unspecified atom stereocenters. The van der Waals surface area contributed by atoms with Crippen molar-refractivity contribution < 1.29 is 4.39 Å². The fraction of sp³-hybridized carbons (Fsp3) is 0.286. The van der Waals surface area contributed by atoms with Crippen LogP contribution < -0.4 is 5.32 Å². The summed E-state index contributed by atoms with van der Waals surface area (Å²) in [5.41, 5.74) is 2.23. The summed E-state index contributed by atoms with van der Waals surface area (Å²) >= 11 is 1.76. The molecule has 1 N–H and O–H groups in total. The highest BCUT2D eigenvalue weighted by atomic mass is 32.1. The summed E-state index contributed by atoms with van der Waals surface area (Å²) in [5, 5.41) is 3.26. The summed E-state index contributed by atoms with van der Waals surface area (Å²) in [6.45, 7) is 4.20. The van der Waals surface area contributed by atoms with E-state index in [1.807, 2.05) is 13.1 Å². The largest absolute Gasteiger partial charge is 0.309 e. The van der Waals surface area contributed by atoms with Crippen molar-refractivity contribution in [2.45, 2.75) is 19.9 Å². The van der Waals surface area contributed by atoms with Crippen LogP contribution in [0.5, 0.6) is 0 Å². The van der Waals surface area contributed by atoms with Crippen LogP contribution in [0.4, 0.5) is 4.39 Å². The average Bonchev–Trinajstić information content (AvgIpc) is 2.59. The Labute approximate surface area is 105 Å². The third-order valence-electron chi connectivity index (χ3n) is 2.81. The lowest BCUT2D eigenvalue weighted by atomic mass is 10.0. The van der Waals surface area contributed by atoms with Crippen molar-refractivity contribution in [3.8, 4) is 0 Å². The first-order valence-electron chi connectivity index (χ1n) is 5.61. The summed E-state index contributed by atoms with van der Waals surface area (Å²) < 4.78 is 13.3. The fourth-order valence-electron chi connectivity index (χ4n) is 2.08. The van der Waals surface area contributed by atoms with Crippen LogP contribution in [0.2, 0.25) is 0 Å². The van der Waals surface area contributed by atoms with Gasteiger partial charge >= 0.3 is 0 Å². The molecule has 0 bridgehead atoms. The maximum Gasteiger partial charge on any atom is 0.123 e. The zero-order valence-corrected chi connectivity index (χ0v) is 11.1. The van der Waals surface area contributed by atoms with E-state index in [0.29, 0.717) is 0 Å². The predicted octanol–water partition coefficient (Wildman–Crippen LogP) is 3.81. The van der Waals surface area contributed by atoms with Gasteiger partial charge in [-0.05, 0) is 50.2 Å². The molecule has 0 amide bonds. The maximum absolute atomic E-state index is 13.3. The lowest BCUT2D eigenvalue weighted by molar-refractivity contribution is 0.617. The van der Waals surface area contributed by atoms with Gasteiger partial charge in [-0.15, -0.1) is 11.3 Å². The van der Waals surface area contributed by atoms with E-state index in [9.17, 15) is 4.39 Å². The summed E-state index contributed by atoms with van der Waals surface area (Å²) in [7, 11) is 1.91. The zero-order valence-electron chi connectivity index (χ0n) is 10.3. The van der Waals surface area contributed by atoms with E-state index in [1.54, 1.807) is 23.5 Å². The molecule has 0 aliphatic rings. The van der Waals surface area contributed by atoms with Crippen LogP contribution in [0, 0.1) is 19.7 Å². The molecule has 0 radical (unpaired) electrons. The van der Waals surface area contributed by atoms with E-state index in [0.717, 1.165) is 5.56 Å². The molecule has 90 valence electrons. The third-order valence-corrected chi connectivity index (χ3v) is 4.03. The molecule has 1 aromatic carbocycles. The van der Waals surface area contributed by atoms with Gasteiger partial charge in [-0.2, -0.15) is 0 Å². The summed E-state index contributed by atoms with van der Waals surface area (Å²) in [6.07, 6.45) is 0. The van der Waals surface area contributed by atoms with Crippen LogP contribution >= 0.6 is 11.3 Å². The van der Waals surface area contributed by atoms with Crippen LogP contribution in [-0.4, -0.2) is 7.05 Å². The Balaban J connectivity index is 2.43. The van der Waals surface area contributed by atoms with Crippen molar-refractivity contribution in [1.82, 2.24) is 5.32 Å². The number of halogens is 1. The van der Waals surface area contributed by atoms with Crippen LogP contribution in [0.15, 0.2) is 30.3 Å². The standard InChI is InChI=1S/C14H16FNS/c1-9-7-10(2)17-14(9)13(16-3)11-5-4-6-12(15)8-11/h4-8,13,16H,1-3H3. The Hall–Kier alpha value is -1.19. The second-order valence-electron chi connectivity index (χ2n) is 4.18. The van der Waals surface area contributed by atoms with Crippen molar-refractivity contribution in [1.29, 1.82) is 0 Å². The van der Waals surface area contributed by atoms with Crippen molar-refractivity contribution in [2.24, 2.45) is 0 Å². The first-order chi connectivity index (χ1) is 8.11. The summed E-state index contributed by atoms with van der Waals surface area (Å²) in [6, 6.07) is 9.02. The van der Waals surface area contributed by atoms with Crippen LogP contribution in [0.1, 0.15) is 26.9 Å². The quantitative estimate of drug-likeness (QED) is 0.872. The smallest absolute Gasteiger partial charge is 0.123 e. The highest BCUT2D eigenvalue weighted by molar-refractivity contribution is 7.12. The number of benzene rings is 1. The number of hydrogen-bond donors (Lipinski definition) is 1. The van der Waals surface area contributed by atoms with Gasteiger partial charge in [-0.1, -0.05) is 12.1 Å². The summed E-state index contributed by atoms with van der Waals surface area (Å²) in [5.74, 6) is -0.186. The lowest BCUT2D eigenvalue weighted by Gasteiger charge is -2.16. The Morgan fingerprint density at radius 2 is 2.00 bits per heavy atom. The predicted molar refractivity (Wildman–Crippen MR) is 71.1 cm³/mol. The number of rotatable bonds is 3. The van der Waals surface area contributed by atoms with E-state index in [4.69, 9.17) is 0 Å². The van der Waals surface area contributed by atoms with Crippen molar-refractivity contribution in [2.75, 3.05) is 7.05 Å². The number of hydrogen-bond acceptors (Lipinski definition) is 2. The normalized spacial score (nSPS) is 12.7. The van der Waals surface area contributed by atoms with Gasteiger partial charge < -0.3 is 5.32 Å². The molecule has 0 saturated carbocycles. The molecule has 3 heteroatoms. The summed E-state index contributed by atoms with van der Waals surface area (Å²) in [4.78, 5) is 2.55. The molecule has 0 saturated heterocycles. The molecule has 0 spiro atoms. The first-order valence-corrected chi connectivity index (χ1v) is 6.43. The van der Waals surface area contributed by atoms with E-state index in [2.05, 4.69) is 25.2 Å². The number of aryl methyl sites for hydroxylation is 2. The van der Waals surface area contributed by atoms with Gasteiger partial charge in [0.2, 0.25) is 0 Å². The Bertz CT molecular complexity index is 519. The second-order valence-corrected chi connectivity index (χ2v) is 5.47. The zero-order chi connectivity index (χ0) is 12.4. The van der Waals surface area contributed by atoms with E-state index in [-0.39, 0.29) is 11.9 Å². The van der Waals surface area contributed by atoms with Crippen LogP contribution in [0.25, 0.3) is 0 Å². The SMILES string of the molecule is CNC(c1cccc(F)c1)c1sc(C)cc1C. The molecule has 1 aromatic heterocycles. The molecule has 1 heterocycles. The lowest BCUT2D eigenvalue weighted by Crippen LogP contribution is -2.17. The molecule has 0 aliphatic heterocycles. The van der Waals surface area contributed by atoms with Gasteiger partial charge in [0.05, 0.1) is 6.04 Å². The molecule has 2 aromatic rings. The molecule has 17 heavy (non-hydrogen) atoms. The topological polar surface area (TPSA) is 12.0 Å². The van der Waals surface area contributed by atoms with Gasteiger partial charge in [0.25, 0.3) is 0 Å². The highest BCUT2D eigenvalue weighted by Crippen LogP contribution is 2.31. The molecule has 0 fully saturated rings. The van der Waals surface area contributed by atoms with Crippen molar-refractivity contribution >= 4 is 11.3 Å². The van der Waals surface area contributed by atoms with Gasteiger partial charge in [-0.3, -0.25) is 0 Å². The monoisotopic (exact) mass is 249 g/mol. The van der Waals surface area contributed by atoms with Gasteiger partial charge in [0, 0.05) is 9.75 Å². The Kier molecular flexibility index (Phi) is 3.60. The molecule has 1 atom stereocenters. The van der Waals surface area contributed by atoms with Gasteiger partial charge in [-0.25, -0.2) is 4.39 Å². The molecular weight excluding hydrogens is 233 g/mol. The van der Waals surface area contributed by atoms with Crippen molar-refractivity contribution in [3.63, 3.8) is 0 Å². The van der Waals surface area contributed by atoms with Gasteiger partial charge in [0.1, 0.15) is 5.82 Å². The highest BCUT2D eigenvalue weighted by Gasteiger charge is 2.16. The van der Waals surface area contributed by atoms with Crippen LogP contribution in [0.3, 0.4) is 0 Å². The van der Waals surface area contributed by atoms with Gasteiger partial charge in [0.15, 0.2) is 0 Å². The maximum atomic E-state index is 13.3. The second kappa shape index (κ2) is 4.98. The minimum absolute atomic E-state index is 0.0735. The van der Waals surface area contributed by atoms with E-state index < -0.39 is 0 Å². The fourth-order valence-corrected chi connectivity index (χ4v) is 3.26. The number of thiophene rings is 1. The first kappa shape index (κ1) is 12.3. The van der Waals surface area contributed by atoms with Crippen LogP contribution in [-0.2, 0) is 0 Å². The molecule has 1 nitrogen and oxygen atoms in total. The molecular formula is C14H16FNS. The van der Waals surface area contributed by atoms with E-state index >= 15 is 0 Å².